The molecule has 0 saturated heterocycles. The van der Waals surface area contributed by atoms with E-state index < -0.39 is 35.0 Å². The molecule has 11 heteroatoms. The number of hydrogen-bond donors (Lipinski definition) is 2. The maximum absolute atomic E-state index is 13.0. The van der Waals surface area contributed by atoms with Crippen molar-refractivity contribution in [1.82, 2.24) is 15.5 Å². The number of nitrogens with one attached hydrogen (secondary N) is 2. The van der Waals surface area contributed by atoms with Gasteiger partial charge < -0.3 is 15.5 Å². The van der Waals surface area contributed by atoms with Gasteiger partial charge in [-0.1, -0.05) is 0 Å². The van der Waals surface area contributed by atoms with Gasteiger partial charge in [-0.05, 0) is 70.2 Å². The van der Waals surface area contributed by atoms with E-state index in [1.165, 1.54) is 0 Å². The molecule has 2 amide bonds. The summed E-state index contributed by atoms with van der Waals surface area (Å²) in [5, 5.41) is 5.70. The molecule has 0 heterocycles. The van der Waals surface area contributed by atoms with Gasteiger partial charge in [0.25, 0.3) is 5.91 Å². The molecule has 0 aromatic heterocycles. The summed E-state index contributed by atoms with van der Waals surface area (Å²) in [6.45, 7) is 5.93. The molecule has 0 radical (unpaired) electrons. The van der Waals surface area contributed by atoms with Crippen LogP contribution in [0.15, 0.2) is 18.2 Å². The lowest BCUT2D eigenvalue weighted by Gasteiger charge is -2.29. The number of alkyl halides is 6. The summed E-state index contributed by atoms with van der Waals surface area (Å²) in [4.78, 5) is 26.1. The average molecular weight is 481 g/mol. The minimum Gasteiger partial charge on any atom is -0.349 e. The van der Waals surface area contributed by atoms with Gasteiger partial charge in [0.15, 0.2) is 0 Å². The highest BCUT2D eigenvalue weighted by Gasteiger charge is 2.37. The van der Waals surface area contributed by atoms with E-state index in [0.717, 1.165) is 0 Å². The summed E-state index contributed by atoms with van der Waals surface area (Å²) in [6, 6.07) is 0.537. The molecule has 1 aromatic carbocycles. The second kappa shape index (κ2) is 11.2. The highest BCUT2D eigenvalue weighted by Crippen LogP contribution is 2.36. The molecule has 0 unspecified atom stereocenters. The van der Waals surface area contributed by atoms with Gasteiger partial charge in [0.1, 0.15) is 0 Å². The van der Waals surface area contributed by atoms with E-state index >= 15 is 0 Å². The Morgan fingerprint density at radius 1 is 0.909 bits per heavy atom. The van der Waals surface area contributed by atoms with Crippen LogP contribution in [0.2, 0.25) is 0 Å². The van der Waals surface area contributed by atoms with Gasteiger partial charge in [0.2, 0.25) is 5.91 Å². The lowest BCUT2D eigenvalue weighted by molar-refractivity contribution is -0.143. The molecule has 1 aliphatic carbocycles. The molecular weight excluding hydrogens is 452 g/mol. The molecule has 0 atom stereocenters. The van der Waals surface area contributed by atoms with Crippen LogP contribution in [0, 0.1) is 5.92 Å². The number of hydrogen-bond acceptors (Lipinski definition) is 3. The smallest absolute Gasteiger partial charge is 0.349 e. The number of carbonyl (C=O) groups excluding carboxylic acids is 2. The van der Waals surface area contributed by atoms with Crippen molar-refractivity contribution < 1.29 is 35.9 Å². The lowest BCUT2D eigenvalue weighted by atomic mass is 9.86. The highest BCUT2D eigenvalue weighted by molar-refractivity contribution is 5.94. The van der Waals surface area contributed by atoms with E-state index in [2.05, 4.69) is 10.6 Å². The summed E-state index contributed by atoms with van der Waals surface area (Å²) in [6.07, 6.45) is -7.48. The molecule has 2 rings (SSSR count). The Hall–Kier alpha value is -2.30. The summed E-state index contributed by atoms with van der Waals surface area (Å²) in [5.74, 6) is -0.675. The predicted octanol–water partition coefficient (Wildman–Crippen LogP) is 4.47. The first kappa shape index (κ1) is 26.9. The number of benzene rings is 1. The third-order valence-electron chi connectivity index (χ3n) is 5.86. The van der Waals surface area contributed by atoms with Gasteiger partial charge in [0, 0.05) is 24.7 Å². The molecule has 33 heavy (non-hydrogen) atoms. The van der Waals surface area contributed by atoms with Gasteiger partial charge in [-0.3, -0.25) is 9.59 Å². The van der Waals surface area contributed by atoms with Crippen LogP contribution in [-0.4, -0.2) is 48.9 Å². The van der Waals surface area contributed by atoms with Crippen molar-refractivity contribution in [3.8, 4) is 0 Å². The van der Waals surface area contributed by atoms with Crippen molar-refractivity contribution in [1.29, 1.82) is 0 Å². The average Bonchev–Trinajstić information content (AvgIpc) is 2.74. The molecule has 5 nitrogen and oxygen atoms in total. The Labute approximate surface area is 188 Å². The molecular formula is C22H29F6N3O2. The van der Waals surface area contributed by atoms with Crippen LogP contribution in [0.25, 0.3) is 0 Å². The molecule has 1 saturated carbocycles. The zero-order valence-corrected chi connectivity index (χ0v) is 18.6. The van der Waals surface area contributed by atoms with Gasteiger partial charge in [0.05, 0.1) is 17.7 Å². The number of carbonyl (C=O) groups is 2. The summed E-state index contributed by atoms with van der Waals surface area (Å²) in [5.41, 5.74) is -3.70. The molecule has 2 N–H and O–H groups in total. The fourth-order valence-corrected chi connectivity index (χ4v) is 3.94. The molecule has 186 valence electrons. The lowest BCUT2D eigenvalue weighted by Crippen LogP contribution is -2.41. The number of amides is 2. The maximum atomic E-state index is 13.0. The summed E-state index contributed by atoms with van der Waals surface area (Å²) in [7, 11) is 0. The quantitative estimate of drug-likeness (QED) is 0.539. The largest absolute Gasteiger partial charge is 0.416 e. The fourth-order valence-electron chi connectivity index (χ4n) is 3.94. The Balaban J connectivity index is 1.90. The van der Waals surface area contributed by atoms with E-state index in [4.69, 9.17) is 0 Å². The number of nitrogens with zero attached hydrogens (tertiary/aromatic N) is 1. The summed E-state index contributed by atoms with van der Waals surface area (Å²) < 4.78 is 78.1. The highest BCUT2D eigenvalue weighted by atomic mass is 19.4. The van der Waals surface area contributed by atoms with Crippen LogP contribution in [0.5, 0.6) is 0 Å². The van der Waals surface area contributed by atoms with Crippen LogP contribution >= 0.6 is 0 Å². The van der Waals surface area contributed by atoms with Gasteiger partial charge in [-0.2, -0.15) is 26.3 Å². The number of likely N-dealkylation sites (N-methyl/N-ethyl adjacent to an activating group) is 1. The summed E-state index contributed by atoms with van der Waals surface area (Å²) >= 11 is 0. The second-order valence-electron chi connectivity index (χ2n) is 8.18. The third kappa shape index (κ3) is 7.90. The maximum Gasteiger partial charge on any atom is 0.416 e. The van der Waals surface area contributed by atoms with E-state index in [9.17, 15) is 35.9 Å². The Bertz CT molecular complexity index is 781. The van der Waals surface area contributed by atoms with E-state index in [1.54, 1.807) is 4.90 Å². The van der Waals surface area contributed by atoms with Crippen LogP contribution in [0.3, 0.4) is 0 Å². The Kier molecular flexibility index (Phi) is 9.16. The second-order valence-corrected chi connectivity index (χ2v) is 8.18. The van der Waals surface area contributed by atoms with Crippen molar-refractivity contribution in [3.63, 3.8) is 0 Å². The number of rotatable bonds is 8. The van der Waals surface area contributed by atoms with Crippen LogP contribution in [-0.2, 0) is 17.1 Å². The third-order valence-corrected chi connectivity index (χ3v) is 5.86. The monoisotopic (exact) mass is 481 g/mol. The van der Waals surface area contributed by atoms with Crippen LogP contribution in [0.1, 0.15) is 61.0 Å². The molecule has 1 fully saturated rings. The first-order valence-electron chi connectivity index (χ1n) is 10.9. The standard InChI is InChI=1S/C22H29F6N3O2/c1-3-31(4-2)19(32)13-29-12-14-5-7-18(8-6-14)30-20(33)15-9-16(21(23,24)25)11-17(10-15)22(26,27)28/h9-11,14,18,29H,3-8,12-13H2,1-2H3,(H,30,33)/t14-,18-. The minimum atomic E-state index is -5.01. The van der Waals surface area contributed by atoms with Crippen molar-refractivity contribution in [2.24, 2.45) is 5.92 Å². The molecule has 0 spiro atoms. The first-order chi connectivity index (χ1) is 15.3. The molecule has 1 aromatic rings. The normalized spacial score (nSPS) is 19.3. The van der Waals surface area contributed by atoms with Gasteiger partial charge >= 0.3 is 12.4 Å². The van der Waals surface area contributed by atoms with E-state index in [-0.39, 0.29) is 30.5 Å². The molecule has 1 aliphatic rings. The van der Waals surface area contributed by atoms with Crippen molar-refractivity contribution in [2.45, 2.75) is 57.9 Å². The van der Waals surface area contributed by atoms with Gasteiger partial charge in [-0.15, -0.1) is 0 Å². The SMILES string of the molecule is CCN(CC)C(=O)CNC[C@H]1CC[C@H](NC(=O)c2cc(C(F)(F)F)cc(C(F)(F)F)c2)CC1. The first-order valence-corrected chi connectivity index (χ1v) is 10.9. The van der Waals surface area contributed by atoms with Crippen LogP contribution in [0.4, 0.5) is 26.3 Å². The van der Waals surface area contributed by atoms with Crippen LogP contribution < -0.4 is 10.6 Å². The predicted molar refractivity (Wildman–Crippen MR) is 110 cm³/mol. The van der Waals surface area contributed by atoms with Crippen molar-refractivity contribution in [2.75, 3.05) is 26.2 Å². The zero-order chi connectivity index (χ0) is 24.8. The topological polar surface area (TPSA) is 61.4 Å². The minimum absolute atomic E-state index is 0.0000317. The van der Waals surface area contributed by atoms with Gasteiger partial charge in [-0.25, -0.2) is 0 Å². The van der Waals surface area contributed by atoms with E-state index in [0.29, 0.717) is 57.5 Å². The van der Waals surface area contributed by atoms with Crippen molar-refractivity contribution in [3.05, 3.63) is 34.9 Å². The molecule has 0 aliphatic heterocycles. The van der Waals surface area contributed by atoms with E-state index in [1.807, 2.05) is 13.8 Å². The number of halogens is 6. The van der Waals surface area contributed by atoms with Crippen molar-refractivity contribution >= 4 is 11.8 Å². The Morgan fingerprint density at radius 2 is 1.42 bits per heavy atom. The molecule has 0 bridgehead atoms. The zero-order valence-electron chi connectivity index (χ0n) is 18.6. The Morgan fingerprint density at radius 3 is 1.88 bits per heavy atom. The fraction of sp³-hybridized carbons (Fsp3) is 0.636.